The summed E-state index contributed by atoms with van der Waals surface area (Å²) in [6.07, 6.45) is -0.538. The fourth-order valence-corrected chi connectivity index (χ4v) is 1.72. The second-order valence-corrected chi connectivity index (χ2v) is 5.44. The number of nitrogens with one attached hydrogen (secondary N) is 3. The number of carboxylic acid groups (broad SMARTS) is 1. The molecule has 0 saturated carbocycles. The molecule has 0 spiro atoms. The first-order chi connectivity index (χ1) is 10.6. The number of amides is 3. The lowest BCUT2D eigenvalue weighted by Gasteiger charge is -2.23. The third kappa shape index (κ3) is 7.80. The summed E-state index contributed by atoms with van der Waals surface area (Å²) in [7, 11) is 0. The van der Waals surface area contributed by atoms with E-state index in [4.69, 9.17) is 10.4 Å². The summed E-state index contributed by atoms with van der Waals surface area (Å²) in [5.41, 5.74) is 0. The molecule has 0 bridgehead atoms. The maximum atomic E-state index is 12.1. The zero-order chi connectivity index (χ0) is 18.2. The summed E-state index contributed by atoms with van der Waals surface area (Å²) in [5, 5.41) is 24.5. The van der Waals surface area contributed by atoms with E-state index in [0.29, 0.717) is 0 Å². The van der Waals surface area contributed by atoms with Gasteiger partial charge in [-0.2, -0.15) is 5.26 Å². The summed E-state index contributed by atoms with van der Waals surface area (Å²) in [5.74, 6) is -3.00. The van der Waals surface area contributed by atoms with E-state index in [-0.39, 0.29) is 11.8 Å². The molecule has 0 aliphatic heterocycles. The molecule has 3 amide bonds. The number of rotatable bonds is 8. The number of carbonyl (C=O) groups excluding carboxylic acids is 3. The van der Waals surface area contributed by atoms with Gasteiger partial charge in [0.05, 0.1) is 12.5 Å². The SMILES string of the molecule is CC(=O)N[C@H](C(=O)N[C@@H](C)C(=O)N[C@H](C#N)CC(=O)O)C(C)C. The Morgan fingerprint density at radius 1 is 1.04 bits per heavy atom. The van der Waals surface area contributed by atoms with E-state index in [2.05, 4.69) is 16.0 Å². The van der Waals surface area contributed by atoms with Crippen molar-refractivity contribution in [1.82, 2.24) is 16.0 Å². The molecule has 3 atom stereocenters. The van der Waals surface area contributed by atoms with E-state index in [9.17, 15) is 19.2 Å². The molecular weight excluding hydrogens is 304 g/mol. The lowest BCUT2D eigenvalue weighted by atomic mass is 10.0. The maximum Gasteiger partial charge on any atom is 0.306 e. The predicted molar refractivity (Wildman–Crippen MR) is 79.8 cm³/mol. The zero-order valence-electron chi connectivity index (χ0n) is 13.5. The largest absolute Gasteiger partial charge is 0.481 e. The second kappa shape index (κ2) is 9.40. The van der Waals surface area contributed by atoms with Crippen molar-refractivity contribution in [2.75, 3.05) is 0 Å². The number of aliphatic carboxylic acids is 1. The van der Waals surface area contributed by atoms with Crippen LogP contribution in [0.5, 0.6) is 0 Å². The molecule has 0 radical (unpaired) electrons. The quantitative estimate of drug-likeness (QED) is 0.456. The van der Waals surface area contributed by atoms with Gasteiger partial charge in [0.1, 0.15) is 18.1 Å². The monoisotopic (exact) mass is 326 g/mol. The van der Waals surface area contributed by atoms with Crippen molar-refractivity contribution >= 4 is 23.7 Å². The minimum Gasteiger partial charge on any atom is -0.481 e. The van der Waals surface area contributed by atoms with Gasteiger partial charge in [-0.3, -0.25) is 19.2 Å². The highest BCUT2D eigenvalue weighted by Crippen LogP contribution is 2.02. The number of nitriles is 1. The van der Waals surface area contributed by atoms with Gasteiger partial charge < -0.3 is 21.1 Å². The van der Waals surface area contributed by atoms with E-state index >= 15 is 0 Å². The highest BCUT2D eigenvalue weighted by molar-refractivity contribution is 5.92. The smallest absolute Gasteiger partial charge is 0.306 e. The van der Waals surface area contributed by atoms with Crippen LogP contribution in [-0.2, 0) is 19.2 Å². The average molecular weight is 326 g/mol. The minimum absolute atomic E-state index is 0.187. The van der Waals surface area contributed by atoms with Gasteiger partial charge in [-0.05, 0) is 12.8 Å². The Morgan fingerprint density at radius 2 is 1.61 bits per heavy atom. The summed E-state index contributed by atoms with van der Waals surface area (Å²) in [6, 6.07) is -1.31. The van der Waals surface area contributed by atoms with Gasteiger partial charge in [0.2, 0.25) is 17.7 Å². The van der Waals surface area contributed by atoms with Gasteiger partial charge in [-0.15, -0.1) is 0 Å². The minimum atomic E-state index is -1.22. The molecule has 0 fully saturated rings. The topological polar surface area (TPSA) is 148 Å². The van der Waals surface area contributed by atoms with Crippen LogP contribution in [0.3, 0.4) is 0 Å². The van der Waals surface area contributed by atoms with Crippen LogP contribution in [0.1, 0.15) is 34.1 Å². The summed E-state index contributed by atoms with van der Waals surface area (Å²) >= 11 is 0. The molecule has 0 aromatic rings. The predicted octanol–water partition coefficient (Wildman–Crippen LogP) is -0.865. The van der Waals surface area contributed by atoms with Gasteiger partial charge in [-0.1, -0.05) is 13.8 Å². The van der Waals surface area contributed by atoms with Gasteiger partial charge in [0.15, 0.2) is 0 Å². The third-order valence-electron chi connectivity index (χ3n) is 2.91. The van der Waals surface area contributed by atoms with Crippen LogP contribution in [0.25, 0.3) is 0 Å². The molecule has 23 heavy (non-hydrogen) atoms. The van der Waals surface area contributed by atoms with E-state index < -0.39 is 42.3 Å². The van der Waals surface area contributed by atoms with E-state index in [0.717, 1.165) is 0 Å². The molecule has 0 aliphatic carbocycles. The van der Waals surface area contributed by atoms with Crippen molar-refractivity contribution in [3.8, 4) is 6.07 Å². The van der Waals surface area contributed by atoms with Crippen LogP contribution in [0.15, 0.2) is 0 Å². The number of carbonyl (C=O) groups is 4. The van der Waals surface area contributed by atoms with Crippen LogP contribution < -0.4 is 16.0 Å². The van der Waals surface area contributed by atoms with Gasteiger partial charge in [0.25, 0.3) is 0 Å². The molecule has 9 heteroatoms. The van der Waals surface area contributed by atoms with E-state index in [1.807, 2.05) is 0 Å². The Kier molecular flexibility index (Phi) is 8.33. The molecule has 0 rings (SSSR count). The van der Waals surface area contributed by atoms with Gasteiger partial charge in [0, 0.05) is 6.92 Å². The van der Waals surface area contributed by atoms with Crippen LogP contribution in [0, 0.1) is 17.2 Å². The van der Waals surface area contributed by atoms with E-state index in [1.165, 1.54) is 13.8 Å². The van der Waals surface area contributed by atoms with Crippen molar-refractivity contribution in [3.05, 3.63) is 0 Å². The Hall–Kier alpha value is -2.63. The molecule has 0 heterocycles. The Morgan fingerprint density at radius 3 is 2.00 bits per heavy atom. The number of hydrogen-bond acceptors (Lipinski definition) is 5. The Bertz CT molecular complexity index is 512. The summed E-state index contributed by atoms with van der Waals surface area (Å²) in [6.45, 7) is 6.16. The lowest BCUT2D eigenvalue weighted by Crippen LogP contribution is -2.55. The van der Waals surface area contributed by atoms with Crippen molar-refractivity contribution in [1.29, 1.82) is 5.26 Å². The standard InChI is InChI=1S/C14H22N4O5/c1-7(2)12(17-9(4)19)14(23)16-8(3)13(22)18-10(6-15)5-11(20)21/h7-8,10,12H,5H2,1-4H3,(H,16,23)(H,17,19)(H,18,22)(H,20,21)/t8-,10-,12-/m0/s1. The van der Waals surface area contributed by atoms with Gasteiger partial charge in [-0.25, -0.2) is 0 Å². The van der Waals surface area contributed by atoms with Crippen LogP contribution in [0.4, 0.5) is 0 Å². The number of hydrogen-bond donors (Lipinski definition) is 4. The molecule has 0 aliphatic rings. The van der Waals surface area contributed by atoms with Gasteiger partial charge >= 0.3 is 5.97 Å². The fourth-order valence-electron chi connectivity index (χ4n) is 1.72. The maximum absolute atomic E-state index is 12.1. The van der Waals surface area contributed by atoms with Crippen molar-refractivity contribution in [2.45, 2.75) is 52.2 Å². The summed E-state index contributed by atoms with van der Waals surface area (Å²) < 4.78 is 0. The number of nitrogens with zero attached hydrogens (tertiary/aromatic N) is 1. The molecule has 0 saturated heterocycles. The molecular formula is C14H22N4O5. The number of carboxylic acids is 1. The van der Waals surface area contributed by atoms with Crippen molar-refractivity contribution in [3.63, 3.8) is 0 Å². The molecule has 4 N–H and O–H groups in total. The molecule has 9 nitrogen and oxygen atoms in total. The highest BCUT2D eigenvalue weighted by atomic mass is 16.4. The highest BCUT2D eigenvalue weighted by Gasteiger charge is 2.27. The molecule has 128 valence electrons. The Labute approximate surface area is 134 Å². The van der Waals surface area contributed by atoms with Crippen LogP contribution >= 0.6 is 0 Å². The first kappa shape index (κ1) is 20.4. The van der Waals surface area contributed by atoms with E-state index in [1.54, 1.807) is 19.9 Å². The van der Waals surface area contributed by atoms with Crippen molar-refractivity contribution in [2.24, 2.45) is 5.92 Å². The zero-order valence-corrected chi connectivity index (χ0v) is 13.5. The summed E-state index contributed by atoms with van der Waals surface area (Å²) in [4.78, 5) is 45.6. The average Bonchev–Trinajstić information content (AvgIpc) is 2.42. The fraction of sp³-hybridized carbons (Fsp3) is 0.643. The Balaban J connectivity index is 4.71. The first-order valence-corrected chi connectivity index (χ1v) is 7.07. The third-order valence-corrected chi connectivity index (χ3v) is 2.91. The molecule has 0 unspecified atom stereocenters. The molecule has 0 aromatic carbocycles. The second-order valence-electron chi connectivity index (χ2n) is 5.44. The lowest BCUT2D eigenvalue weighted by molar-refractivity contribution is -0.137. The first-order valence-electron chi connectivity index (χ1n) is 7.07. The molecule has 0 aromatic heterocycles. The van der Waals surface area contributed by atoms with Crippen LogP contribution in [0.2, 0.25) is 0 Å². The van der Waals surface area contributed by atoms with Crippen LogP contribution in [-0.4, -0.2) is 46.9 Å². The van der Waals surface area contributed by atoms with Crippen molar-refractivity contribution < 1.29 is 24.3 Å². The normalized spacial score (nSPS) is 14.1.